The van der Waals surface area contributed by atoms with Gasteiger partial charge in [0.1, 0.15) is 0 Å². The molecule has 206 valence electrons. The summed E-state index contributed by atoms with van der Waals surface area (Å²) in [5.74, 6) is -0.241. The number of benzene rings is 2. The molecule has 0 aliphatic carbocycles. The van der Waals surface area contributed by atoms with Crippen molar-refractivity contribution in [3.05, 3.63) is 59.7 Å². The molecule has 2 aromatic carbocycles. The third-order valence-electron chi connectivity index (χ3n) is 6.34. The number of carbonyl (C=O) groups is 1. The number of rotatable bonds is 13. The minimum Gasteiger partial charge on any atom is -0.390 e. The zero-order valence-corrected chi connectivity index (χ0v) is 23.4. The third kappa shape index (κ3) is 9.17. The first-order valence-electron chi connectivity index (χ1n) is 13.0. The molecule has 2 atom stereocenters. The van der Waals surface area contributed by atoms with E-state index in [1.54, 1.807) is 18.2 Å². The fourth-order valence-corrected chi connectivity index (χ4v) is 5.99. The molecule has 0 bridgehead atoms. The van der Waals surface area contributed by atoms with Crippen LogP contribution in [0.4, 0.5) is 11.4 Å². The molecular weight excluding hydrogens is 512 g/mol. The van der Waals surface area contributed by atoms with Crippen LogP contribution in [0.3, 0.4) is 0 Å². The highest BCUT2D eigenvalue weighted by Crippen LogP contribution is 2.28. The number of hydrogen-bond acceptors (Lipinski definition) is 6. The van der Waals surface area contributed by atoms with Crippen LogP contribution in [0, 0.1) is 0 Å². The molecule has 2 aromatic rings. The van der Waals surface area contributed by atoms with Gasteiger partial charge in [-0.1, -0.05) is 43.7 Å². The number of unbranched alkanes of at least 4 members (excludes halogenated alkanes) is 1. The van der Waals surface area contributed by atoms with Crippen LogP contribution in [-0.4, -0.2) is 63.5 Å². The number of aliphatic hydroxyl groups excluding tert-OH is 1. The lowest BCUT2D eigenvalue weighted by Crippen LogP contribution is -2.49. The van der Waals surface area contributed by atoms with Crippen molar-refractivity contribution in [2.75, 3.05) is 41.6 Å². The molecule has 0 aromatic heterocycles. The van der Waals surface area contributed by atoms with Crippen LogP contribution in [-0.2, 0) is 16.4 Å². The maximum absolute atomic E-state index is 13.4. The Bertz CT molecular complexity index is 1090. The van der Waals surface area contributed by atoms with Crippen LogP contribution >= 0.6 is 12.4 Å². The first-order chi connectivity index (χ1) is 17.3. The molecule has 1 aliphatic heterocycles. The van der Waals surface area contributed by atoms with Gasteiger partial charge in [-0.05, 0) is 62.9 Å². The SMILES string of the molecule is CCCCNC[C@@H](O)[C@H](Cc1ccccc1)NC(=O)c1cc(NCC)cc(N2CCCCS2(=O)=O)c1.Cl. The highest BCUT2D eigenvalue weighted by atomic mass is 35.5. The number of aliphatic hydroxyl groups is 1. The van der Waals surface area contributed by atoms with Gasteiger partial charge in [0.2, 0.25) is 10.0 Å². The number of nitrogens with zero attached hydrogens (tertiary/aromatic N) is 1. The normalized spacial score (nSPS) is 16.4. The quantitative estimate of drug-likeness (QED) is 0.283. The summed E-state index contributed by atoms with van der Waals surface area (Å²) in [5, 5.41) is 20.4. The maximum atomic E-state index is 13.4. The van der Waals surface area contributed by atoms with E-state index in [4.69, 9.17) is 0 Å². The standard InChI is InChI=1S/C27H40N4O4S.ClH/c1-3-5-13-28-20-26(32)25(16-21-11-7-6-8-12-21)30-27(33)22-17-23(29-4-2)19-24(18-22)31-14-9-10-15-36(31,34)35;/h6-8,11-12,17-19,25-26,28-29,32H,3-5,9-10,13-16,20H2,1-2H3,(H,30,33);1H/t25-,26+;/m0./s1. The molecule has 3 rings (SSSR count). The number of amides is 1. The maximum Gasteiger partial charge on any atom is 0.251 e. The molecule has 1 fully saturated rings. The molecule has 10 heteroatoms. The summed E-state index contributed by atoms with van der Waals surface area (Å²) in [5.41, 5.74) is 2.53. The minimum absolute atomic E-state index is 0. The minimum atomic E-state index is -3.42. The summed E-state index contributed by atoms with van der Waals surface area (Å²) < 4.78 is 26.8. The van der Waals surface area contributed by atoms with Crippen LogP contribution in [0.1, 0.15) is 55.5 Å². The third-order valence-corrected chi connectivity index (χ3v) is 8.21. The second kappa shape index (κ2) is 15.2. The zero-order chi connectivity index (χ0) is 26.0. The number of anilines is 2. The smallest absolute Gasteiger partial charge is 0.251 e. The van der Waals surface area contributed by atoms with E-state index in [9.17, 15) is 18.3 Å². The number of hydrogen-bond donors (Lipinski definition) is 4. The molecule has 0 radical (unpaired) electrons. The Morgan fingerprint density at radius 3 is 2.54 bits per heavy atom. The molecule has 4 N–H and O–H groups in total. The lowest BCUT2D eigenvalue weighted by Gasteiger charge is -2.29. The average Bonchev–Trinajstić information content (AvgIpc) is 2.86. The lowest BCUT2D eigenvalue weighted by atomic mass is 10.00. The molecule has 0 unspecified atom stereocenters. The van der Waals surface area contributed by atoms with Gasteiger partial charge in [0.25, 0.3) is 5.91 Å². The van der Waals surface area contributed by atoms with Gasteiger partial charge < -0.3 is 21.1 Å². The molecule has 8 nitrogen and oxygen atoms in total. The first kappa shape index (κ1) is 30.9. The van der Waals surface area contributed by atoms with Crippen molar-refractivity contribution in [3.63, 3.8) is 0 Å². The molecule has 0 spiro atoms. The highest BCUT2D eigenvalue weighted by Gasteiger charge is 2.28. The Balaban J connectivity index is 0.00000481. The van der Waals surface area contributed by atoms with Gasteiger partial charge >= 0.3 is 0 Å². The van der Waals surface area contributed by atoms with Crippen LogP contribution < -0.4 is 20.3 Å². The summed E-state index contributed by atoms with van der Waals surface area (Å²) in [6.45, 7) is 6.27. The summed E-state index contributed by atoms with van der Waals surface area (Å²) in [6, 6.07) is 14.4. The Labute approximate surface area is 227 Å². The number of carbonyl (C=O) groups excluding carboxylic acids is 1. The summed E-state index contributed by atoms with van der Waals surface area (Å²) in [7, 11) is -3.42. The van der Waals surface area contributed by atoms with Crippen molar-refractivity contribution in [1.82, 2.24) is 10.6 Å². The Morgan fingerprint density at radius 1 is 1.11 bits per heavy atom. The van der Waals surface area contributed by atoms with E-state index in [2.05, 4.69) is 22.9 Å². The van der Waals surface area contributed by atoms with E-state index >= 15 is 0 Å². The van der Waals surface area contributed by atoms with Crippen molar-refractivity contribution < 1.29 is 18.3 Å². The van der Waals surface area contributed by atoms with Crippen molar-refractivity contribution in [3.8, 4) is 0 Å². The van der Waals surface area contributed by atoms with Gasteiger partial charge in [0.05, 0.1) is 23.6 Å². The molecular formula is C27H41ClN4O4S. The molecule has 1 aliphatic rings. The lowest BCUT2D eigenvalue weighted by molar-refractivity contribution is 0.0831. The number of sulfonamides is 1. The van der Waals surface area contributed by atoms with Crippen LogP contribution in [0.5, 0.6) is 0 Å². The van der Waals surface area contributed by atoms with Gasteiger partial charge in [-0.25, -0.2) is 8.42 Å². The summed E-state index contributed by atoms with van der Waals surface area (Å²) in [4.78, 5) is 13.4. The first-order valence-corrected chi connectivity index (χ1v) is 14.6. The summed E-state index contributed by atoms with van der Waals surface area (Å²) >= 11 is 0. The summed E-state index contributed by atoms with van der Waals surface area (Å²) in [6.07, 6.45) is 3.19. The predicted molar refractivity (Wildman–Crippen MR) is 153 cm³/mol. The number of halogens is 1. The van der Waals surface area contributed by atoms with Crippen molar-refractivity contribution >= 4 is 39.7 Å². The number of nitrogens with one attached hydrogen (secondary N) is 3. The monoisotopic (exact) mass is 552 g/mol. The Morgan fingerprint density at radius 2 is 1.86 bits per heavy atom. The fourth-order valence-electron chi connectivity index (χ4n) is 4.37. The molecule has 0 saturated carbocycles. The Kier molecular flexibility index (Phi) is 12.7. The van der Waals surface area contributed by atoms with Gasteiger partial charge in [-0.2, -0.15) is 0 Å². The van der Waals surface area contributed by atoms with Crippen molar-refractivity contribution in [2.45, 2.75) is 58.1 Å². The van der Waals surface area contributed by atoms with Crippen LogP contribution in [0.15, 0.2) is 48.5 Å². The van der Waals surface area contributed by atoms with Gasteiger partial charge in [0, 0.05) is 30.9 Å². The van der Waals surface area contributed by atoms with Crippen molar-refractivity contribution in [1.29, 1.82) is 0 Å². The van der Waals surface area contributed by atoms with Gasteiger partial charge in [-0.15, -0.1) is 12.4 Å². The van der Waals surface area contributed by atoms with Crippen LogP contribution in [0.2, 0.25) is 0 Å². The largest absolute Gasteiger partial charge is 0.390 e. The van der Waals surface area contributed by atoms with E-state index in [-0.39, 0.29) is 24.1 Å². The van der Waals surface area contributed by atoms with Crippen molar-refractivity contribution in [2.24, 2.45) is 0 Å². The zero-order valence-electron chi connectivity index (χ0n) is 21.8. The Hall–Kier alpha value is -2.33. The van der Waals surface area contributed by atoms with Gasteiger partial charge in [-0.3, -0.25) is 9.10 Å². The second-order valence-corrected chi connectivity index (χ2v) is 11.3. The van der Waals surface area contributed by atoms with Gasteiger partial charge in [0.15, 0.2) is 0 Å². The predicted octanol–water partition coefficient (Wildman–Crippen LogP) is 3.56. The molecule has 1 amide bonds. The van der Waals surface area contributed by atoms with Crippen LogP contribution in [0.25, 0.3) is 0 Å². The fraction of sp³-hybridized carbons (Fsp3) is 0.519. The topological polar surface area (TPSA) is 111 Å². The average molecular weight is 553 g/mol. The van der Waals surface area contributed by atoms with E-state index in [0.717, 1.165) is 31.4 Å². The highest BCUT2D eigenvalue weighted by molar-refractivity contribution is 7.92. The molecule has 37 heavy (non-hydrogen) atoms. The molecule has 1 heterocycles. The van der Waals surface area contributed by atoms with E-state index < -0.39 is 22.2 Å². The second-order valence-electron chi connectivity index (χ2n) is 9.29. The van der Waals surface area contributed by atoms with E-state index in [0.29, 0.717) is 49.4 Å². The molecule has 1 saturated heterocycles. The van der Waals surface area contributed by atoms with E-state index in [1.165, 1.54) is 4.31 Å². The van der Waals surface area contributed by atoms with E-state index in [1.807, 2.05) is 37.3 Å².